The number of hydrogen-bond donors (Lipinski definition) is 1. The number of nitrogens with zero attached hydrogens (tertiary/aromatic N) is 1. The molecule has 0 aliphatic heterocycles. The van der Waals surface area contributed by atoms with Crippen LogP contribution in [0.5, 0.6) is 11.5 Å². The Bertz CT molecular complexity index is 585. The van der Waals surface area contributed by atoms with Gasteiger partial charge in [-0.3, -0.25) is 0 Å². The van der Waals surface area contributed by atoms with Gasteiger partial charge in [-0.25, -0.2) is 0 Å². The normalized spacial score (nSPS) is 9.33. The van der Waals surface area contributed by atoms with Gasteiger partial charge in [-0.1, -0.05) is 42.0 Å². The zero-order valence-corrected chi connectivity index (χ0v) is 15.2. The van der Waals surface area contributed by atoms with Crippen molar-refractivity contribution in [3.05, 3.63) is 72.3 Å². The maximum atomic E-state index is 9.59. The second-order valence-corrected chi connectivity index (χ2v) is 4.96. The number of benzene rings is 2. The first-order chi connectivity index (χ1) is 11.6. The van der Waals surface area contributed by atoms with Gasteiger partial charge in [0, 0.05) is 13.5 Å². The van der Waals surface area contributed by atoms with E-state index in [4.69, 9.17) is 4.74 Å². The highest BCUT2D eigenvalue weighted by molar-refractivity contribution is 5.52. The average Bonchev–Trinajstić information content (AvgIpc) is 2.59. The van der Waals surface area contributed by atoms with Gasteiger partial charge in [0.1, 0.15) is 11.5 Å². The molecule has 0 saturated carbocycles. The predicted molar refractivity (Wildman–Crippen MR) is 104 cm³/mol. The van der Waals surface area contributed by atoms with Crippen molar-refractivity contribution in [2.24, 2.45) is 4.99 Å². The predicted octanol–water partition coefficient (Wildman–Crippen LogP) is 5.22. The molecule has 3 heteroatoms. The van der Waals surface area contributed by atoms with Crippen LogP contribution in [0.3, 0.4) is 0 Å². The number of phenols is 1. The molecule has 0 aromatic heterocycles. The molecule has 0 spiro atoms. The Morgan fingerprint density at radius 2 is 1.62 bits per heavy atom. The van der Waals surface area contributed by atoms with Crippen LogP contribution in [0.2, 0.25) is 0 Å². The summed E-state index contributed by atoms with van der Waals surface area (Å²) in [6.07, 6.45) is 4.21. The molecule has 24 heavy (non-hydrogen) atoms. The first-order valence-corrected chi connectivity index (χ1v) is 7.99. The van der Waals surface area contributed by atoms with Crippen molar-refractivity contribution in [1.29, 1.82) is 0 Å². The first-order valence-electron chi connectivity index (χ1n) is 7.99. The van der Waals surface area contributed by atoms with Crippen LogP contribution in [-0.4, -0.2) is 25.0 Å². The van der Waals surface area contributed by atoms with Crippen molar-refractivity contribution >= 4 is 6.21 Å². The molecule has 0 saturated heterocycles. The van der Waals surface area contributed by atoms with Crippen LogP contribution in [0, 0.1) is 6.92 Å². The van der Waals surface area contributed by atoms with Crippen LogP contribution in [0.25, 0.3) is 0 Å². The highest BCUT2D eigenvalue weighted by Crippen LogP contribution is 2.17. The Balaban J connectivity index is 0.000000648. The van der Waals surface area contributed by atoms with E-state index in [1.165, 1.54) is 5.56 Å². The van der Waals surface area contributed by atoms with E-state index < -0.39 is 0 Å². The molecule has 0 heterocycles. The Kier molecular flexibility index (Phi) is 12.6. The van der Waals surface area contributed by atoms with Crippen LogP contribution in [0.15, 0.2) is 66.2 Å². The van der Waals surface area contributed by atoms with E-state index in [0.717, 1.165) is 11.3 Å². The third kappa shape index (κ3) is 10.2. The van der Waals surface area contributed by atoms with Gasteiger partial charge in [-0.2, -0.15) is 0 Å². The fourth-order valence-electron chi connectivity index (χ4n) is 1.64. The molecule has 0 aliphatic carbocycles. The molecule has 130 valence electrons. The van der Waals surface area contributed by atoms with Crippen molar-refractivity contribution < 1.29 is 9.84 Å². The first kappa shape index (κ1) is 21.4. The number of phenolic OH excluding ortho intramolecular Hbond substituents is 1. The number of aryl methyl sites for hydroxylation is 1. The van der Waals surface area contributed by atoms with Crippen LogP contribution < -0.4 is 4.74 Å². The number of ether oxygens (including phenoxy) is 1. The summed E-state index contributed by atoms with van der Waals surface area (Å²) in [5.41, 5.74) is 2.14. The second kappa shape index (κ2) is 14.1. The minimum atomic E-state index is 0.333. The van der Waals surface area contributed by atoms with E-state index >= 15 is 0 Å². The van der Waals surface area contributed by atoms with Crippen molar-refractivity contribution in [2.75, 3.05) is 13.7 Å². The molecule has 0 atom stereocenters. The number of hydrogen-bond acceptors (Lipinski definition) is 3. The van der Waals surface area contributed by atoms with Crippen molar-refractivity contribution in [3.8, 4) is 11.5 Å². The van der Waals surface area contributed by atoms with Gasteiger partial charge in [0.15, 0.2) is 0 Å². The number of aliphatic imine (C=N–C) groups is 1. The number of para-hydroxylation sites is 1. The largest absolute Gasteiger partial charge is 0.508 e. The lowest BCUT2D eigenvalue weighted by atomic mass is 10.1. The van der Waals surface area contributed by atoms with Crippen molar-refractivity contribution in [2.45, 2.75) is 27.2 Å². The van der Waals surface area contributed by atoms with Crippen molar-refractivity contribution in [1.82, 2.24) is 0 Å². The maximum absolute atomic E-state index is 9.59. The topological polar surface area (TPSA) is 41.8 Å². The lowest BCUT2D eigenvalue weighted by Gasteiger charge is -2.07. The molecule has 3 nitrogen and oxygen atoms in total. The summed E-state index contributed by atoms with van der Waals surface area (Å²) in [7, 11) is 1.75. The molecule has 2 aromatic carbocycles. The second-order valence-electron chi connectivity index (χ2n) is 4.96. The Labute approximate surface area is 146 Å². The van der Waals surface area contributed by atoms with Gasteiger partial charge in [-0.15, -0.1) is 6.58 Å². The smallest absolute Gasteiger partial charge is 0.119 e. The summed E-state index contributed by atoms with van der Waals surface area (Å²) in [4.78, 5) is 3.61. The molecule has 0 fully saturated rings. The van der Waals surface area contributed by atoms with Gasteiger partial charge in [0.25, 0.3) is 0 Å². The van der Waals surface area contributed by atoms with Gasteiger partial charge < -0.3 is 14.8 Å². The van der Waals surface area contributed by atoms with Crippen LogP contribution in [-0.2, 0) is 6.42 Å². The van der Waals surface area contributed by atoms with Crippen molar-refractivity contribution in [3.63, 3.8) is 0 Å². The summed E-state index contributed by atoms with van der Waals surface area (Å²) in [5.74, 6) is 1.20. The third-order valence-corrected chi connectivity index (χ3v) is 2.91. The Morgan fingerprint density at radius 1 is 1.08 bits per heavy atom. The van der Waals surface area contributed by atoms with E-state index in [2.05, 4.69) is 11.6 Å². The fourth-order valence-corrected chi connectivity index (χ4v) is 1.64. The Morgan fingerprint density at radius 3 is 2.12 bits per heavy atom. The monoisotopic (exact) mass is 327 g/mol. The standard InChI is InChI=1S/C15H16O2.C3H7N.C3H6/c1-12-6-8-14(9-7-12)17-11-10-13-4-2-3-5-15(13)16;1-3-4-2;1-3-2/h2-9,16H,10-11H2,1H3;3H,1-2H3;3H,1H2,2H3. The minimum Gasteiger partial charge on any atom is -0.508 e. The fraction of sp³-hybridized carbons (Fsp3) is 0.286. The lowest BCUT2D eigenvalue weighted by molar-refractivity contribution is 0.319. The van der Waals surface area contributed by atoms with E-state index in [1.807, 2.05) is 63.2 Å². The molecule has 0 radical (unpaired) electrons. The number of aromatic hydroxyl groups is 1. The quantitative estimate of drug-likeness (QED) is 0.618. The summed E-state index contributed by atoms with van der Waals surface area (Å²) < 4.78 is 5.61. The highest BCUT2D eigenvalue weighted by Gasteiger charge is 2.00. The number of rotatable bonds is 4. The van der Waals surface area contributed by atoms with Crippen LogP contribution in [0.4, 0.5) is 0 Å². The average molecular weight is 327 g/mol. The summed E-state index contributed by atoms with van der Waals surface area (Å²) in [6, 6.07) is 15.3. The maximum Gasteiger partial charge on any atom is 0.119 e. The molecule has 0 aliphatic rings. The molecule has 2 rings (SSSR count). The van der Waals surface area contributed by atoms with Gasteiger partial charge >= 0.3 is 0 Å². The molecular weight excluding hydrogens is 298 g/mol. The molecule has 0 amide bonds. The zero-order valence-electron chi connectivity index (χ0n) is 15.2. The molecule has 0 unspecified atom stereocenters. The Hall–Kier alpha value is -2.55. The van der Waals surface area contributed by atoms with Crippen LogP contribution in [0.1, 0.15) is 25.0 Å². The zero-order chi connectivity index (χ0) is 18.2. The van der Waals surface area contributed by atoms with E-state index in [1.54, 1.807) is 25.4 Å². The van der Waals surface area contributed by atoms with E-state index in [-0.39, 0.29) is 0 Å². The number of allylic oxidation sites excluding steroid dienone is 1. The third-order valence-electron chi connectivity index (χ3n) is 2.91. The van der Waals surface area contributed by atoms with Gasteiger partial charge in [0.2, 0.25) is 0 Å². The van der Waals surface area contributed by atoms with Gasteiger partial charge in [-0.05, 0) is 50.7 Å². The summed E-state index contributed by atoms with van der Waals surface area (Å²) in [5, 5.41) is 9.59. The molecular formula is C21H29NO2. The van der Waals surface area contributed by atoms with E-state index in [0.29, 0.717) is 18.8 Å². The van der Waals surface area contributed by atoms with E-state index in [9.17, 15) is 5.11 Å². The molecule has 1 N–H and O–H groups in total. The lowest BCUT2D eigenvalue weighted by Crippen LogP contribution is -2.01. The van der Waals surface area contributed by atoms with Gasteiger partial charge in [0.05, 0.1) is 6.61 Å². The molecule has 2 aromatic rings. The van der Waals surface area contributed by atoms with Crippen LogP contribution >= 0.6 is 0 Å². The highest BCUT2D eigenvalue weighted by atomic mass is 16.5. The minimum absolute atomic E-state index is 0.333. The molecule has 0 bridgehead atoms. The SMILES string of the molecule is C=CC.CC=NC.Cc1ccc(OCCc2ccccc2O)cc1. The summed E-state index contributed by atoms with van der Waals surface area (Å²) in [6.45, 7) is 9.76. The summed E-state index contributed by atoms with van der Waals surface area (Å²) >= 11 is 0.